The van der Waals surface area contributed by atoms with Crippen molar-refractivity contribution < 1.29 is 14.4 Å². The Morgan fingerprint density at radius 1 is 1.30 bits per heavy atom. The summed E-state index contributed by atoms with van der Waals surface area (Å²) in [5.74, 6) is -0.241. The molecule has 1 heterocycles. The van der Waals surface area contributed by atoms with Crippen molar-refractivity contribution in [1.82, 2.24) is 10.2 Å². The molecule has 3 aliphatic rings. The van der Waals surface area contributed by atoms with E-state index in [0.29, 0.717) is 6.42 Å². The van der Waals surface area contributed by atoms with Crippen molar-refractivity contribution in [2.75, 3.05) is 13.1 Å². The summed E-state index contributed by atoms with van der Waals surface area (Å²) >= 11 is 0. The molecule has 0 aromatic carbocycles. The van der Waals surface area contributed by atoms with Gasteiger partial charge in [0.25, 0.3) is 0 Å². The first-order valence-corrected chi connectivity index (χ1v) is 8.11. The van der Waals surface area contributed by atoms with Crippen LogP contribution in [0.2, 0.25) is 0 Å². The maximum atomic E-state index is 12.4. The van der Waals surface area contributed by atoms with E-state index in [-0.39, 0.29) is 66.9 Å². The van der Waals surface area contributed by atoms with E-state index in [1.54, 1.807) is 0 Å². The van der Waals surface area contributed by atoms with Crippen LogP contribution in [-0.2, 0) is 14.4 Å². The highest BCUT2D eigenvalue weighted by Crippen LogP contribution is 2.52. The van der Waals surface area contributed by atoms with Gasteiger partial charge in [0.05, 0.1) is 17.9 Å². The summed E-state index contributed by atoms with van der Waals surface area (Å²) in [5.41, 5.74) is 5.73. The Morgan fingerprint density at radius 2 is 1.87 bits per heavy atom. The first-order valence-electron chi connectivity index (χ1n) is 8.11. The zero-order chi connectivity index (χ0) is 15.9. The lowest BCUT2D eigenvalue weighted by Gasteiger charge is -2.18. The number of nitrogens with one attached hydrogen (secondary N) is 1. The molecule has 3 amide bonds. The Bertz CT molecular complexity index is 507. The summed E-state index contributed by atoms with van der Waals surface area (Å²) in [7, 11) is 0. The Hall–Kier alpha value is -1.40. The van der Waals surface area contributed by atoms with Crippen LogP contribution in [0.25, 0.3) is 0 Å². The molecular formula is C16H24ClN3O3. The van der Waals surface area contributed by atoms with Crippen LogP contribution in [0.1, 0.15) is 26.2 Å². The summed E-state index contributed by atoms with van der Waals surface area (Å²) in [5, 5.41) is 2.71. The predicted molar refractivity (Wildman–Crippen MR) is 87.6 cm³/mol. The van der Waals surface area contributed by atoms with E-state index in [0.717, 1.165) is 12.8 Å². The second kappa shape index (κ2) is 7.01. The van der Waals surface area contributed by atoms with Crippen LogP contribution in [0.15, 0.2) is 12.2 Å². The number of nitrogens with zero attached hydrogens (tertiary/aromatic N) is 1. The van der Waals surface area contributed by atoms with Gasteiger partial charge in [-0.15, -0.1) is 12.4 Å². The second-order valence-electron chi connectivity index (χ2n) is 6.51. The number of carbonyl (C=O) groups is 3. The van der Waals surface area contributed by atoms with Crippen LogP contribution in [0.5, 0.6) is 0 Å². The summed E-state index contributed by atoms with van der Waals surface area (Å²) in [4.78, 5) is 37.9. The molecule has 1 saturated carbocycles. The molecule has 2 bridgehead atoms. The van der Waals surface area contributed by atoms with Crippen molar-refractivity contribution in [3.05, 3.63) is 12.2 Å². The number of imide groups is 1. The van der Waals surface area contributed by atoms with E-state index in [9.17, 15) is 14.4 Å². The number of carbonyl (C=O) groups excluding carboxylic acids is 3. The van der Waals surface area contributed by atoms with Gasteiger partial charge in [-0.3, -0.25) is 19.3 Å². The van der Waals surface area contributed by atoms with Gasteiger partial charge >= 0.3 is 0 Å². The normalized spacial score (nSPS) is 32.0. The molecule has 3 rings (SSSR count). The molecule has 6 nitrogen and oxygen atoms in total. The van der Waals surface area contributed by atoms with Crippen LogP contribution in [0, 0.1) is 23.7 Å². The Balaban J connectivity index is 0.00000192. The highest BCUT2D eigenvalue weighted by Gasteiger charge is 2.58. The minimum Gasteiger partial charge on any atom is -0.353 e. The largest absolute Gasteiger partial charge is 0.353 e. The molecule has 23 heavy (non-hydrogen) atoms. The minimum absolute atomic E-state index is 0. The first kappa shape index (κ1) is 17.9. The van der Waals surface area contributed by atoms with E-state index < -0.39 is 6.04 Å². The monoisotopic (exact) mass is 341 g/mol. The van der Waals surface area contributed by atoms with Gasteiger partial charge in [0, 0.05) is 13.1 Å². The molecule has 0 aromatic heterocycles. The lowest BCUT2D eigenvalue weighted by atomic mass is 9.85. The number of nitrogens with two attached hydrogens (primary N) is 1. The fourth-order valence-electron chi connectivity index (χ4n) is 4.05. The molecule has 0 aromatic rings. The minimum atomic E-state index is -0.519. The molecule has 128 valence electrons. The second-order valence-corrected chi connectivity index (χ2v) is 6.51. The average Bonchev–Trinajstić information content (AvgIpc) is 3.16. The average molecular weight is 342 g/mol. The Labute approximate surface area is 142 Å². The smallest absolute Gasteiger partial charge is 0.236 e. The van der Waals surface area contributed by atoms with Gasteiger partial charge in [-0.1, -0.05) is 25.5 Å². The van der Waals surface area contributed by atoms with Crippen molar-refractivity contribution in [1.29, 1.82) is 0 Å². The molecule has 7 heteroatoms. The SMILES string of the molecule is CCCC(N)C(=O)NCCN1C(=O)C2C3C=CC(C3)C2C1=O.Cl. The van der Waals surface area contributed by atoms with Gasteiger partial charge in [0.2, 0.25) is 17.7 Å². The highest BCUT2D eigenvalue weighted by molar-refractivity contribution is 6.06. The third-order valence-corrected chi connectivity index (χ3v) is 5.13. The van der Waals surface area contributed by atoms with Gasteiger partial charge in [0.15, 0.2) is 0 Å². The van der Waals surface area contributed by atoms with Crippen LogP contribution in [0.3, 0.4) is 0 Å². The van der Waals surface area contributed by atoms with Crippen LogP contribution >= 0.6 is 12.4 Å². The molecule has 5 unspecified atom stereocenters. The Kier molecular flexibility index (Phi) is 5.47. The maximum absolute atomic E-state index is 12.4. The third kappa shape index (κ3) is 3.02. The van der Waals surface area contributed by atoms with Crippen molar-refractivity contribution in [2.24, 2.45) is 29.4 Å². The lowest BCUT2D eigenvalue weighted by Crippen LogP contribution is -2.45. The molecule has 3 N–H and O–H groups in total. The number of allylic oxidation sites excluding steroid dienone is 2. The first-order chi connectivity index (χ1) is 10.5. The van der Waals surface area contributed by atoms with Crippen LogP contribution in [0.4, 0.5) is 0 Å². The van der Waals surface area contributed by atoms with E-state index >= 15 is 0 Å². The van der Waals surface area contributed by atoms with Crippen molar-refractivity contribution in [3.8, 4) is 0 Å². The van der Waals surface area contributed by atoms with E-state index in [4.69, 9.17) is 5.73 Å². The topological polar surface area (TPSA) is 92.5 Å². The molecule has 0 radical (unpaired) electrons. The fourth-order valence-corrected chi connectivity index (χ4v) is 4.05. The van der Waals surface area contributed by atoms with Crippen LogP contribution < -0.4 is 11.1 Å². The predicted octanol–water partition coefficient (Wildman–Crippen LogP) is 0.459. The van der Waals surface area contributed by atoms with Gasteiger partial charge in [0.1, 0.15) is 0 Å². The molecule has 1 saturated heterocycles. The lowest BCUT2D eigenvalue weighted by molar-refractivity contribution is -0.141. The number of rotatable bonds is 6. The molecular weight excluding hydrogens is 318 g/mol. The summed E-state index contributed by atoms with van der Waals surface area (Å²) in [6, 6.07) is -0.519. The highest BCUT2D eigenvalue weighted by atomic mass is 35.5. The van der Waals surface area contributed by atoms with Crippen molar-refractivity contribution in [3.63, 3.8) is 0 Å². The molecule has 0 spiro atoms. The van der Waals surface area contributed by atoms with Crippen molar-refractivity contribution in [2.45, 2.75) is 32.2 Å². The molecule has 2 fully saturated rings. The maximum Gasteiger partial charge on any atom is 0.236 e. The third-order valence-electron chi connectivity index (χ3n) is 5.13. The number of amides is 3. The van der Waals surface area contributed by atoms with E-state index in [1.165, 1.54) is 4.90 Å². The van der Waals surface area contributed by atoms with Crippen molar-refractivity contribution >= 4 is 30.1 Å². The Morgan fingerprint density at radius 3 is 2.39 bits per heavy atom. The van der Waals surface area contributed by atoms with Gasteiger partial charge in [-0.25, -0.2) is 0 Å². The van der Waals surface area contributed by atoms with Gasteiger partial charge < -0.3 is 11.1 Å². The number of fused-ring (bicyclic) bond motifs is 5. The number of hydrogen-bond acceptors (Lipinski definition) is 4. The van der Waals surface area contributed by atoms with Gasteiger partial charge in [-0.05, 0) is 24.7 Å². The zero-order valence-electron chi connectivity index (χ0n) is 13.2. The molecule has 5 atom stereocenters. The van der Waals surface area contributed by atoms with Crippen LogP contribution in [-0.4, -0.2) is 41.8 Å². The van der Waals surface area contributed by atoms with E-state index in [2.05, 4.69) is 17.5 Å². The number of likely N-dealkylation sites (tertiary alicyclic amines) is 1. The number of halogens is 1. The fraction of sp³-hybridized carbons (Fsp3) is 0.688. The molecule has 2 aliphatic carbocycles. The van der Waals surface area contributed by atoms with Gasteiger partial charge in [-0.2, -0.15) is 0 Å². The zero-order valence-corrected chi connectivity index (χ0v) is 14.1. The standard InChI is InChI=1S/C16H23N3O3.ClH/c1-2-3-11(17)14(20)18-6-7-19-15(21)12-9-4-5-10(8-9)13(12)16(19)22;/h4-5,9-13H,2-3,6-8,17H2,1H3,(H,18,20);1H. The summed E-state index contributed by atoms with van der Waals surface area (Å²) in [6.07, 6.45) is 6.56. The van der Waals surface area contributed by atoms with E-state index in [1.807, 2.05) is 6.92 Å². The summed E-state index contributed by atoms with van der Waals surface area (Å²) in [6.45, 7) is 2.49. The molecule has 1 aliphatic heterocycles. The summed E-state index contributed by atoms with van der Waals surface area (Å²) < 4.78 is 0. The quantitative estimate of drug-likeness (QED) is 0.542. The number of hydrogen-bond donors (Lipinski definition) is 2.